The van der Waals surface area contributed by atoms with Gasteiger partial charge in [0.1, 0.15) is 0 Å². The van der Waals surface area contributed by atoms with Crippen LogP contribution in [0.5, 0.6) is 0 Å². The zero-order valence-corrected chi connectivity index (χ0v) is 16.3. The van der Waals surface area contributed by atoms with Crippen LogP contribution in [0.15, 0.2) is 53.4 Å². The van der Waals surface area contributed by atoms with Crippen LogP contribution in [-0.2, 0) is 10.0 Å². The molecule has 0 aliphatic carbocycles. The van der Waals surface area contributed by atoms with Crippen molar-refractivity contribution >= 4 is 21.6 Å². The Hall–Kier alpha value is -2.18. The molecule has 1 amide bonds. The summed E-state index contributed by atoms with van der Waals surface area (Å²) in [5.74, 6) is -0.152. The molecular formula is C20H26N2O3S. The maximum Gasteiger partial charge on any atom is 0.258 e. The fraction of sp³-hybridized carbons (Fsp3) is 0.350. The van der Waals surface area contributed by atoms with Crippen LogP contribution in [0.2, 0.25) is 0 Å². The molecule has 0 unspecified atom stereocenters. The molecule has 26 heavy (non-hydrogen) atoms. The van der Waals surface area contributed by atoms with Gasteiger partial charge in [-0.3, -0.25) is 4.79 Å². The Bertz CT molecular complexity index is 846. The lowest BCUT2D eigenvalue weighted by molar-refractivity contribution is 0.0988. The van der Waals surface area contributed by atoms with E-state index in [2.05, 4.69) is 4.72 Å². The molecule has 2 aromatic carbocycles. The quantitative estimate of drug-likeness (QED) is 0.716. The first-order valence-corrected chi connectivity index (χ1v) is 10.4. The van der Waals surface area contributed by atoms with Crippen LogP contribution in [-0.4, -0.2) is 27.4 Å². The van der Waals surface area contributed by atoms with Crippen LogP contribution in [0.25, 0.3) is 0 Å². The highest BCUT2D eigenvalue weighted by Gasteiger charge is 2.18. The molecule has 2 rings (SSSR count). The summed E-state index contributed by atoms with van der Waals surface area (Å²) in [7, 11) is -3.53. The van der Waals surface area contributed by atoms with Gasteiger partial charge in [0.25, 0.3) is 5.91 Å². The number of benzene rings is 2. The van der Waals surface area contributed by atoms with E-state index in [1.807, 2.05) is 45.0 Å². The maximum atomic E-state index is 12.8. The smallest absolute Gasteiger partial charge is 0.258 e. The van der Waals surface area contributed by atoms with Crippen molar-refractivity contribution in [2.24, 2.45) is 0 Å². The van der Waals surface area contributed by atoms with E-state index >= 15 is 0 Å². The van der Waals surface area contributed by atoms with Gasteiger partial charge in [0, 0.05) is 24.3 Å². The third-order valence-electron chi connectivity index (χ3n) is 4.11. The van der Waals surface area contributed by atoms with Gasteiger partial charge in [-0.05, 0) is 62.2 Å². The number of amides is 1. The molecule has 1 N–H and O–H groups in total. The van der Waals surface area contributed by atoms with Gasteiger partial charge in [-0.1, -0.05) is 25.5 Å². The van der Waals surface area contributed by atoms with Gasteiger partial charge < -0.3 is 4.90 Å². The van der Waals surface area contributed by atoms with E-state index < -0.39 is 10.0 Å². The summed E-state index contributed by atoms with van der Waals surface area (Å²) in [5, 5.41) is 0. The van der Waals surface area contributed by atoms with Crippen LogP contribution in [0, 0.1) is 6.92 Å². The molecule has 0 fully saturated rings. The number of hydrogen-bond acceptors (Lipinski definition) is 3. The number of nitrogens with one attached hydrogen (secondary N) is 1. The summed E-state index contributed by atoms with van der Waals surface area (Å²) in [6, 6.07) is 13.8. The topological polar surface area (TPSA) is 66.5 Å². The van der Waals surface area contributed by atoms with E-state index in [9.17, 15) is 13.2 Å². The Labute approximate surface area is 156 Å². The third kappa shape index (κ3) is 4.93. The average molecular weight is 375 g/mol. The van der Waals surface area contributed by atoms with E-state index in [-0.39, 0.29) is 10.8 Å². The number of sulfonamides is 1. The lowest BCUT2D eigenvalue weighted by Gasteiger charge is -2.21. The number of aryl methyl sites for hydroxylation is 1. The maximum absolute atomic E-state index is 12.8. The highest BCUT2D eigenvalue weighted by atomic mass is 32.2. The van der Waals surface area contributed by atoms with Gasteiger partial charge in [-0.2, -0.15) is 0 Å². The first-order chi connectivity index (χ1) is 12.4. The van der Waals surface area contributed by atoms with Gasteiger partial charge in [0.15, 0.2) is 0 Å². The van der Waals surface area contributed by atoms with E-state index in [0.717, 1.165) is 24.1 Å². The molecular weight excluding hydrogens is 348 g/mol. The minimum Gasteiger partial charge on any atom is -0.309 e. The van der Waals surface area contributed by atoms with Crippen molar-refractivity contribution in [3.05, 3.63) is 59.7 Å². The number of anilines is 1. The molecule has 0 aliphatic rings. The molecule has 0 saturated heterocycles. The van der Waals surface area contributed by atoms with Crippen LogP contribution in [0.4, 0.5) is 5.69 Å². The first kappa shape index (κ1) is 20.1. The molecule has 0 heterocycles. The number of unbranched alkanes of at least 4 members (excludes halogenated alkanes) is 1. The summed E-state index contributed by atoms with van der Waals surface area (Å²) in [4.78, 5) is 14.7. The van der Waals surface area contributed by atoms with Crippen molar-refractivity contribution < 1.29 is 13.2 Å². The Morgan fingerprint density at radius 2 is 1.77 bits per heavy atom. The normalized spacial score (nSPS) is 11.3. The van der Waals surface area contributed by atoms with Crippen LogP contribution in [0.3, 0.4) is 0 Å². The fourth-order valence-corrected chi connectivity index (χ4v) is 3.71. The predicted octanol–water partition coefficient (Wildman–Crippen LogP) is 3.74. The molecule has 0 bridgehead atoms. The lowest BCUT2D eigenvalue weighted by Crippen LogP contribution is -2.30. The van der Waals surface area contributed by atoms with Crippen LogP contribution < -0.4 is 9.62 Å². The molecule has 0 atom stereocenters. The molecule has 2 aromatic rings. The van der Waals surface area contributed by atoms with Crippen molar-refractivity contribution in [1.29, 1.82) is 0 Å². The van der Waals surface area contributed by atoms with Crippen molar-refractivity contribution in [2.45, 2.75) is 38.5 Å². The molecule has 0 spiro atoms. The second-order valence-corrected chi connectivity index (χ2v) is 7.93. The average Bonchev–Trinajstić information content (AvgIpc) is 2.62. The number of hydrogen-bond donors (Lipinski definition) is 1. The minimum atomic E-state index is -3.53. The molecule has 6 heteroatoms. The third-order valence-corrected chi connectivity index (χ3v) is 5.59. The van der Waals surface area contributed by atoms with Gasteiger partial charge in [-0.25, -0.2) is 13.1 Å². The fourth-order valence-electron chi connectivity index (χ4n) is 2.64. The van der Waals surface area contributed by atoms with Crippen molar-refractivity contribution in [2.75, 3.05) is 18.0 Å². The largest absolute Gasteiger partial charge is 0.309 e. The Kier molecular flexibility index (Phi) is 6.94. The Morgan fingerprint density at radius 3 is 2.35 bits per heavy atom. The molecule has 5 nitrogen and oxygen atoms in total. The van der Waals surface area contributed by atoms with Gasteiger partial charge in [0.05, 0.1) is 4.90 Å². The SMILES string of the molecule is CCCCNS(=O)(=O)c1ccc(C(=O)N(CC)c2cccc(C)c2)cc1. The number of nitrogens with zero attached hydrogens (tertiary/aromatic N) is 1. The summed E-state index contributed by atoms with van der Waals surface area (Å²) in [6.45, 7) is 6.84. The zero-order chi connectivity index (χ0) is 19.2. The molecule has 0 aromatic heterocycles. The van der Waals surface area contributed by atoms with Gasteiger partial charge in [0.2, 0.25) is 10.0 Å². The lowest BCUT2D eigenvalue weighted by atomic mass is 10.1. The minimum absolute atomic E-state index is 0.152. The monoisotopic (exact) mass is 374 g/mol. The van der Waals surface area contributed by atoms with E-state index in [4.69, 9.17) is 0 Å². The summed E-state index contributed by atoms with van der Waals surface area (Å²) in [6.07, 6.45) is 1.71. The number of rotatable bonds is 8. The van der Waals surface area contributed by atoms with Crippen molar-refractivity contribution in [1.82, 2.24) is 4.72 Å². The first-order valence-electron chi connectivity index (χ1n) is 8.87. The predicted molar refractivity (Wildman–Crippen MR) is 105 cm³/mol. The van der Waals surface area contributed by atoms with E-state index in [1.54, 1.807) is 17.0 Å². The summed E-state index contributed by atoms with van der Waals surface area (Å²) < 4.78 is 27.0. The van der Waals surface area contributed by atoms with Crippen LogP contribution >= 0.6 is 0 Å². The summed E-state index contributed by atoms with van der Waals surface area (Å²) >= 11 is 0. The van der Waals surface area contributed by atoms with Gasteiger partial charge >= 0.3 is 0 Å². The van der Waals surface area contributed by atoms with Crippen molar-refractivity contribution in [3.8, 4) is 0 Å². The molecule has 0 saturated carbocycles. The van der Waals surface area contributed by atoms with E-state index in [1.165, 1.54) is 12.1 Å². The Balaban J connectivity index is 2.20. The van der Waals surface area contributed by atoms with Crippen LogP contribution in [0.1, 0.15) is 42.6 Å². The number of carbonyl (C=O) groups is 1. The second kappa shape index (κ2) is 8.96. The van der Waals surface area contributed by atoms with Crippen molar-refractivity contribution in [3.63, 3.8) is 0 Å². The van der Waals surface area contributed by atoms with Gasteiger partial charge in [-0.15, -0.1) is 0 Å². The summed E-state index contributed by atoms with van der Waals surface area (Å²) in [5.41, 5.74) is 2.37. The van der Waals surface area contributed by atoms with E-state index in [0.29, 0.717) is 18.7 Å². The highest BCUT2D eigenvalue weighted by Crippen LogP contribution is 2.19. The molecule has 0 radical (unpaired) electrons. The molecule has 0 aliphatic heterocycles. The second-order valence-electron chi connectivity index (χ2n) is 6.16. The standard InChI is InChI=1S/C20H26N2O3S/c1-4-6-14-21-26(24,25)19-12-10-17(11-13-19)20(23)22(5-2)18-9-7-8-16(3)15-18/h7-13,15,21H,4-6,14H2,1-3H3. The highest BCUT2D eigenvalue weighted by molar-refractivity contribution is 7.89. The molecule has 140 valence electrons. The Morgan fingerprint density at radius 1 is 1.08 bits per heavy atom. The number of carbonyl (C=O) groups excluding carboxylic acids is 1. The zero-order valence-electron chi connectivity index (χ0n) is 15.5.